The van der Waals surface area contributed by atoms with Gasteiger partial charge in [-0.25, -0.2) is 8.42 Å². The molecule has 1 aliphatic rings. The van der Waals surface area contributed by atoms with E-state index in [2.05, 4.69) is 5.32 Å². The molecule has 1 heterocycles. The van der Waals surface area contributed by atoms with E-state index in [4.69, 9.17) is 5.73 Å². The maximum absolute atomic E-state index is 12.8. The molecule has 1 saturated heterocycles. The summed E-state index contributed by atoms with van der Waals surface area (Å²) >= 11 is 0. The molecule has 0 amide bonds. The average molecular weight is 345 g/mol. The summed E-state index contributed by atoms with van der Waals surface area (Å²) in [5, 5.41) is 3.22. The predicted octanol–water partition coefficient (Wildman–Crippen LogP) is 2.23. The van der Waals surface area contributed by atoms with Gasteiger partial charge in [0.05, 0.1) is 4.90 Å². The van der Waals surface area contributed by atoms with Gasteiger partial charge < -0.3 is 11.1 Å². The van der Waals surface area contributed by atoms with Crippen LogP contribution in [0.4, 0.5) is 5.69 Å². The monoisotopic (exact) mass is 345 g/mol. The van der Waals surface area contributed by atoms with Crippen LogP contribution in [-0.4, -0.2) is 38.9 Å². The Morgan fingerprint density at radius 2 is 1.79 bits per heavy atom. The Kier molecular flexibility index (Phi) is 4.89. The molecule has 0 saturated carbocycles. The van der Waals surface area contributed by atoms with Crippen molar-refractivity contribution >= 4 is 15.7 Å². The molecule has 2 aromatic carbocycles. The Hall–Kier alpha value is -1.89. The molecule has 1 fully saturated rings. The maximum Gasteiger partial charge on any atom is 0.243 e. The summed E-state index contributed by atoms with van der Waals surface area (Å²) in [6.45, 7) is 4.65. The van der Waals surface area contributed by atoms with E-state index in [1.54, 1.807) is 16.4 Å². The molecule has 128 valence electrons. The topological polar surface area (TPSA) is 75.4 Å². The van der Waals surface area contributed by atoms with Gasteiger partial charge in [0.2, 0.25) is 10.0 Å². The molecule has 0 bridgehead atoms. The van der Waals surface area contributed by atoms with E-state index in [1.807, 2.05) is 37.3 Å². The second kappa shape index (κ2) is 6.93. The summed E-state index contributed by atoms with van der Waals surface area (Å²) in [5.41, 5.74) is 9.67. The number of hydrogen-bond acceptors (Lipinski definition) is 4. The molecular weight excluding hydrogens is 322 g/mol. The van der Waals surface area contributed by atoms with Crippen LogP contribution in [0.25, 0.3) is 11.1 Å². The van der Waals surface area contributed by atoms with Crippen LogP contribution in [-0.2, 0) is 10.0 Å². The van der Waals surface area contributed by atoms with Gasteiger partial charge in [-0.2, -0.15) is 4.31 Å². The van der Waals surface area contributed by atoms with Gasteiger partial charge in [0, 0.05) is 25.3 Å². The number of nitrogen functional groups attached to an aromatic ring is 1. The van der Waals surface area contributed by atoms with Crippen LogP contribution in [0.15, 0.2) is 47.4 Å². The standard InChI is InChI=1S/C18H23N3O2S/c1-14-3-6-16(19)13-18(14)15-4-7-17(8-5-15)24(22,23)21-11-2-9-20-10-12-21/h3-8,13,20H,2,9-12,19H2,1H3. The third-order valence-corrected chi connectivity index (χ3v) is 6.28. The summed E-state index contributed by atoms with van der Waals surface area (Å²) < 4.78 is 27.1. The highest BCUT2D eigenvalue weighted by Crippen LogP contribution is 2.27. The number of benzene rings is 2. The molecule has 0 aromatic heterocycles. The van der Waals surface area contributed by atoms with E-state index in [-0.39, 0.29) is 0 Å². The average Bonchev–Trinajstić information content (AvgIpc) is 2.87. The molecule has 5 nitrogen and oxygen atoms in total. The largest absolute Gasteiger partial charge is 0.399 e. The van der Waals surface area contributed by atoms with Gasteiger partial charge in [-0.05, 0) is 60.8 Å². The number of aryl methyl sites for hydroxylation is 1. The normalized spacial score (nSPS) is 16.7. The minimum absolute atomic E-state index is 0.342. The van der Waals surface area contributed by atoms with Gasteiger partial charge in [0.15, 0.2) is 0 Å². The van der Waals surface area contributed by atoms with Crippen LogP contribution >= 0.6 is 0 Å². The molecule has 1 aliphatic heterocycles. The highest BCUT2D eigenvalue weighted by atomic mass is 32.2. The fourth-order valence-corrected chi connectivity index (χ4v) is 4.45. The summed E-state index contributed by atoms with van der Waals surface area (Å²) in [6.07, 6.45) is 0.833. The molecule has 3 N–H and O–H groups in total. The van der Waals surface area contributed by atoms with Crippen molar-refractivity contribution in [3.05, 3.63) is 48.0 Å². The predicted molar refractivity (Wildman–Crippen MR) is 97.3 cm³/mol. The molecular formula is C18H23N3O2S. The van der Waals surface area contributed by atoms with Crippen molar-refractivity contribution in [1.29, 1.82) is 0 Å². The number of nitrogens with one attached hydrogen (secondary N) is 1. The third kappa shape index (κ3) is 3.45. The fraction of sp³-hybridized carbons (Fsp3) is 0.333. The quantitative estimate of drug-likeness (QED) is 0.837. The summed E-state index contributed by atoms with van der Waals surface area (Å²) in [6, 6.07) is 12.8. The van der Waals surface area contributed by atoms with E-state index in [1.165, 1.54) is 0 Å². The second-order valence-corrected chi connectivity index (χ2v) is 8.04. The third-order valence-electron chi connectivity index (χ3n) is 4.36. The molecule has 0 spiro atoms. The van der Waals surface area contributed by atoms with Crippen LogP contribution in [0.5, 0.6) is 0 Å². The van der Waals surface area contributed by atoms with Gasteiger partial charge in [-0.3, -0.25) is 0 Å². The minimum atomic E-state index is -3.43. The fourth-order valence-electron chi connectivity index (χ4n) is 2.97. The summed E-state index contributed by atoms with van der Waals surface area (Å²) in [5.74, 6) is 0. The van der Waals surface area contributed by atoms with Crippen LogP contribution in [0, 0.1) is 6.92 Å². The van der Waals surface area contributed by atoms with Crippen molar-refractivity contribution in [1.82, 2.24) is 9.62 Å². The van der Waals surface area contributed by atoms with Crippen LogP contribution in [0.1, 0.15) is 12.0 Å². The zero-order valence-electron chi connectivity index (χ0n) is 13.8. The molecule has 0 unspecified atom stereocenters. The number of anilines is 1. The Morgan fingerprint density at radius 1 is 1.04 bits per heavy atom. The van der Waals surface area contributed by atoms with Gasteiger partial charge in [0.1, 0.15) is 0 Å². The van der Waals surface area contributed by atoms with Gasteiger partial charge in [-0.1, -0.05) is 18.2 Å². The Morgan fingerprint density at radius 3 is 2.54 bits per heavy atom. The first-order valence-corrected chi connectivity index (χ1v) is 9.60. The number of nitrogens with zero attached hydrogens (tertiary/aromatic N) is 1. The molecule has 0 aliphatic carbocycles. The summed E-state index contributed by atoms with van der Waals surface area (Å²) in [7, 11) is -3.43. The molecule has 6 heteroatoms. The number of hydrogen-bond donors (Lipinski definition) is 2. The van der Waals surface area contributed by atoms with Crippen molar-refractivity contribution in [2.24, 2.45) is 0 Å². The Balaban J connectivity index is 1.90. The lowest BCUT2D eigenvalue weighted by Crippen LogP contribution is -2.34. The number of nitrogens with two attached hydrogens (primary N) is 1. The molecule has 24 heavy (non-hydrogen) atoms. The highest BCUT2D eigenvalue weighted by molar-refractivity contribution is 7.89. The Bertz CT molecular complexity index is 809. The number of sulfonamides is 1. The van der Waals surface area contributed by atoms with Crippen LogP contribution < -0.4 is 11.1 Å². The zero-order chi connectivity index (χ0) is 17.2. The van der Waals surface area contributed by atoms with Gasteiger partial charge in [-0.15, -0.1) is 0 Å². The second-order valence-electron chi connectivity index (χ2n) is 6.11. The minimum Gasteiger partial charge on any atom is -0.399 e. The van der Waals surface area contributed by atoms with Crippen LogP contribution in [0.3, 0.4) is 0 Å². The smallest absolute Gasteiger partial charge is 0.243 e. The molecule has 3 rings (SSSR count). The summed E-state index contributed by atoms with van der Waals surface area (Å²) in [4.78, 5) is 0.342. The zero-order valence-corrected chi connectivity index (χ0v) is 14.6. The molecule has 0 radical (unpaired) electrons. The van der Waals surface area contributed by atoms with Gasteiger partial charge >= 0.3 is 0 Å². The van der Waals surface area contributed by atoms with Crippen molar-refractivity contribution in [3.63, 3.8) is 0 Å². The van der Waals surface area contributed by atoms with Crippen molar-refractivity contribution in [2.45, 2.75) is 18.2 Å². The van der Waals surface area contributed by atoms with Crippen molar-refractivity contribution in [3.8, 4) is 11.1 Å². The first kappa shape index (κ1) is 17.0. The van der Waals surface area contributed by atoms with E-state index < -0.39 is 10.0 Å². The lowest BCUT2D eigenvalue weighted by Gasteiger charge is -2.19. The van der Waals surface area contributed by atoms with E-state index in [0.29, 0.717) is 30.2 Å². The highest BCUT2D eigenvalue weighted by Gasteiger charge is 2.24. The van der Waals surface area contributed by atoms with E-state index >= 15 is 0 Å². The lowest BCUT2D eigenvalue weighted by atomic mass is 10.0. The Labute approximate surface area is 143 Å². The first-order valence-electron chi connectivity index (χ1n) is 8.16. The van der Waals surface area contributed by atoms with Crippen molar-refractivity contribution in [2.75, 3.05) is 31.9 Å². The van der Waals surface area contributed by atoms with Crippen molar-refractivity contribution < 1.29 is 8.42 Å². The molecule has 0 atom stereocenters. The first-order chi connectivity index (χ1) is 11.5. The van der Waals surface area contributed by atoms with Crippen LogP contribution in [0.2, 0.25) is 0 Å². The molecule has 2 aromatic rings. The van der Waals surface area contributed by atoms with Gasteiger partial charge in [0.25, 0.3) is 0 Å². The maximum atomic E-state index is 12.8. The van der Waals surface area contributed by atoms with E-state index in [0.717, 1.165) is 29.7 Å². The SMILES string of the molecule is Cc1ccc(N)cc1-c1ccc(S(=O)(=O)N2CCCNCC2)cc1. The number of rotatable bonds is 3. The lowest BCUT2D eigenvalue weighted by molar-refractivity contribution is 0.432. The van der Waals surface area contributed by atoms with E-state index in [9.17, 15) is 8.42 Å².